The lowest BCUT2D eigenvalue weighted by Gasteiger charge is -2.01. The van der Waals surface area contributed by atoms with E-state index in [1.165, 1.54) is 12.1 Å². The van der Waals surface area contributed by atoms with Crippen molar-refractivity contribution < 1.29 is 13.2 Å². The van der Waals surface area contributed by atoms with E-state index in [0.717, 1.165) is 11.5 Å². The van der Waals surface area contributed by atoms with Crippen molar-refractivity contribution in [1.82, 2.24) is 0 Å². The molecule has 0 radical (unpaired) electrons. The Morgan fingerprint density at radius 3 is 2.05 bits per heavy atom. The minimum absolute atomic E-state index is 0.156. The average molecular weight is 287 g/mol. The molecule has 0 heterocycles. The van der Waals surface area contributed by atoms with Gasteiger partial charge in [-0.3, -0.25) is 4.79 Å². The first-order valence-electron chi connectivity index (χ1n) is 5.92. The zero-order valence-corrected chi connectivity index (χ0v) is 11.4. The van der Waals surface area contributed by atoms with E-state index in [9.17, 15) is 13.2 Å². The highest BCUT2D eigenvalue weighted by molar-refractivity contribution is 7.94. The van der Waals surface area contributed by atoms with Gasteiger partial charge in [0.25, 0.3) is 0 Å². The molecule has 0 saturated heterocycles. The SMILES string of the molecule is O=C(C=CS(=O)(=O)c1ccccc1)Nc1ccccc1. The van der Waals surface area contributed by atoms with E-state index < -0.39 is 15.7 Å². The zero-order chi connectivity index (χ0) is 14.4. The quantitative estimate of drug-likeness (QED) is 0.879. The number of amides is 1. The molecule has 102 valence electrons. The molecule has 0 atom stereocenters. The van der Waals surface area contributed by atoms with E-state index in [0.29, 0.717) is 5.69 Å². The number of para-hydroxylation sites is 1. The van der Waals surface area contributed by atoms with Gasteiger partial charge in [0, 0.05) is 17.2 Å². The summed E-state index contributed by atoms with van der Waals surface area (Å²) >= 11 is 0. The van der Waals surface area contributed by atoms with Crippen LogP contribution in [0.2, 0.25) is 0 Å². The van der Waals surface area contributed by atoms with Gasteiger partial charge >= 0.3 is 0 Å². The third-order valence-corrected chi connectivity index (χ3v) is 3.94. The largest absolute Gasteiger partial charge is 0.322 e. The molecule has 0 saturated carbocycles. The minimum Gasteiger partial charge on any atom is -0.322 e. The van der Waals surface area contributed by atoms with E-state index in [2.05, 4.69) is 5.32 Å². The normalized spacial score (nSPS) is 11.4. The number of sulfone groups is 1. The second-order valence-corrected chi connectivity index (χ2v) is 5.85. The number of benzene rings is 2. The molecule has 1 amide bonds. The summed E-state index contributed by atoms with van der Waals surface area (Å²) in [5.41, 5.74) is 0.610. The van der Waals surface area contributed by atoms with Crippen molar-refractivity contribution in [2.45, 2.75) is 4.90 Å². The van der Waals surface area contributed by atoms with Gasteiger partial charge in [-0.15, -0.1) is 0 Å². The van der Waals surface area contributed by atoms with Crippen molar-refractivity contribution >= 4 is 21.4 Å². The smallest absolute Gasteiger partial charge is 0.249 e. The number of carbonyl (C=O) groups is 1. The average Bonchev–Trinajstić information content (AvgIpc) is 2.47. The van der Waals surface area contributed by atoms with Gasteiger partial charge in [-0.05, 0) is 24.3 Å². The Morgan fingerprint density at radius 1 is 0.900 bits per heavy atom. The topological polar surface area (TPSA) is 63.2 Å². The third-order valence-electron chi connectivity index (χ3n) is 2.51. The molecule has 0 aliphatic heterocycles. The number of carbonyl (C=O) groups excluding carboxylic acids is 1. The van der Waals surface area contributed by atoms with Gasteiger partial charge in [-0.1, -0.05) is 36.4 Å². The van der Waals surface area contributed by atoms with Crippen molar-refractivity contribution in [2.24, 2.45) is 0 Å². The third kappa shape index (κ3) is 3.80. The number of hydrogen-bond acceptors (Lipinski definition) is 3. The Balaban J connectivity index is 2.08. The van der Waals surface area contributed by atoms with Crippen LogP contribution in [0.1, 0.15) is 0 Å². The molecular weight excluding hydrogens is 274 g/mol. The molecule has 1 N–H and O–H groups in total. The first-order valence-corrected chi connectivity index (χ1v) is 7.47. The van der Waals surface area contributed by atoms with Gasteiger partial charge in [0.2, 0.25) is 5.91 Å². The van der Waals surface area contributed by atoms with Crippen LogP contribution in [0.15, 0.2) is 77.0 Å². The van der Waals surface area contributed by atoms with Crippen LogP contribution in [0.3, 0.4) is 0 Å². The zero-order valence-electron chi connectivity index (χ0n) is 10.6. The van der Waals surface area contributed by atoms with Gasteiger partial charge in [0.15, 0.2) is 9.84 Å². The summed E-state index contributed by atoms with van der Waals surface area (Å²) in [5.74, 6) is -0.490. The molecule has 0 aromatic heterocycles. The summed E-state index contributed by atoms with van der Waals surface area (Å²) in [6.45, 7) is 0. The number of hydrogen-bond donors (Lipinski definition) is 1. The summed E-state index contributed by atoms with van der Waals surface area (Å²) < 4.78 is 23.8. The second-order valence-electron chi connectivity index (χ2n) is 4.02. The molecule has 5 heteroatoms. The fraction of sp³-hybridized carbons (Fsp3) is 0. The maximum absolute atomic E-state index is 11.9. The fourth-order valence-corrected chi connectivity index (χ4v) is 2.54. The fourth-order valence-electron chi connectivity index (χ4n) is 1.55. The number of anilines is 1. The molecule has 20 heavy (non-hydrogen) atoms. The Labute approximate surface area is 117 Å². The van der Waals surface area contributed by atoms with Crippen LogP contribution < -0.4 is 5.32 Å². The Bertz CT molecular complexity index is 707. The minimum atomic E-state index is -3.59. The summed E-state index contributed by atoms with van der Waals surface area (Å²) in [6, 6.07) is 16.8. The monoisotopic (exact) mass is 287 g/mol. The van der Waals surface area contributed by atoms with Crippen LogP contribution in [0.4, 0.5) is 5.69 Å². The lowest BCUT2D eigenvalue weighted by molar-refractivity contribution is -0.111. The van der Waals surface area contributed by atoms with Gasteiger partial charge in [-0.2, -0.15) is 0 Å². The molecule has 0 bridgehead atoms. The first-order chi connectivity index (χ1) is 9.58. The first kappa shape index (κ1) is 14.0. The van der Waals surface area contributed by atoms with Crippen molar-refractivity contribution in [3.8, 4) is 0 Å². The van der Waals surface area contributed by atoms with Gasteiger partial charge < -0.3 is 5.32 Å². The Kier molecular flexibility index (Phi) is 4.32. The van der Waals surface area contributed by atoms with E-state index >= 15 is 0 Å². The molecule has 0 unspecified atom stereocenters. The highest BCUT2D eigenvalue weighted by atomic mass is 32.2. The molecule has 0 aliphatic rings. The van der Waals surface area contributed by atoms with Crippen LogP contribution in [0.5, 0.6) is 0 Å². The maximum atomic E-state index is 11.9. The van der Waals surface area contributed by atoms with Gasteiger partial charge in [0.1, 0.15) is 0 Å². The molecule has 2 aromatic rings. The number of rotatable bonds is 4. The highest BCUT2D eigenvalue weighted by Crippen LogP contribution is 2.11. The second kappa shape index (κ2) is 6.16. The van der Waals surface area contributed by atoms with Crippen molar-refractivity contribution in [3.63, 3.8) is 0 Å². The standard InChI is InChI=1S/C15H13NO3S/c17-15(16-13-7-3-1-4-8-13)11-12-20(18,19)14-9-5-2-6-10-14/h1-12H,(H,16,17). The lowest BCUT2D eigenvalue weighted by atomic mass is 10.3. The molecule has 2 aromatic carbocycles. The Hall–Kier alpha value is -2.40. The lowest BCUT2D eigenvalue weighted by Crippen LogP contribution is -2.08. The van der Waals surface area contributed by atoms with E-state index in [1.54, 1.807) is 42.5 Å². The van der Waals surface area contributed by atoms with Crippen LogP contribution >= 0.6 is 0 Å². The summed E-state index contributed by atoms with van der Waals surface area (Å²) in [4.78, 5) is 11.8. The van der Waals surface area contributed by atoms with E-state index in [4.69, 9.17) is 0 Å². The molecule has 0 fully saturated rings. The summed E-state index contributed by atoms with van der Waals surface area (Å²) in [7, 11) is -3.59. The van der Waals surface area contributed by atoms with Crippen molar-refractivity contribution in [3.05, 3.63) is 72.1 Å². The molecule has 0 spiro atoms. The molecular formula is C15H13NO3S. The van der Waals surface area contributed by atoms with Crippen molar-refractivity contribution in [1.29, 1.82) is 0 Å². The maximum Gasteiger partial charge on any atom is 0.249 e. The predicted octanol–water partition coefficient (Wildman–Crippen LogP) is 2.61. The highest BCUT2D eigenvalue weighted by Gasteiger charge is 2.09. The van der Waals surface area contributed by atoms with Crippen LogP contribution in [-0.2, 0) is 14.6 Å². The van der Waals surface area contributed by atoms with E-state index in [1.807, 2.05) is 6.07 Å². The van der Waals surface area contributed by atoms with E-state index in [-0.39, 0.29) is 4.90 Å². The van der Waals surface area contributed by atoms with Crippen LogP contribution in [-0.4, -0.2) is 14.3 Å². The molecule has 2 rings (SSSR count). The predicted molar refractivity (Wildman–Crippen MR) is 77.8 cm³/mol. The molecule has 4 nitrogen and oxygen atoms in total. The van der Waals surface area contributed by atoms with Crippen molar-refractivity contribution in [2.75, 3.05) is 5.32 Å². The summed E-state index contributed by atoms with van der Waals surface area (Å²) in [6.07, 6.45) is 1.01. The Morgan fingerprint density at radius 2 is 1.45 bits per heavy atom. The van der Waals surface area contributed by atoms with Gasteiger partial charge in [0.05, 0.1) is 4.90 Å². The van der Waals surface area contributed by atoms with Crippen LogP contribution in [0, 0.1) is 0 Å². The number of nitrogens with one attached hydrogen (secondary N) is 1. The molecule has 0 aliphatic carbocycles. The van der Waals surface area contributed by atoms with Gasteiger partial charge in [-0.25, -0.2) is 8.42 Å². The van der Waals surface area contributed by atoms with Crippen LogP contribution in [0.25, 0.3) is 0 Å². The summed E-state index contributed by atoms with van der Waals surface area (Å²) in [5, 5.41) is 3.48.